The highest BCUT2D eigenvalue weighted by Gasteiger charge is 2.02. The standard InChI is InChI=1S/C7H6ClOS/c1-9-7-5(8)3-2-4-6(7)10/h2-4H,1H3. The van der Waals surface area contributed by atoms with E-state index in [4.69, 9.17) is 29.0 Å². The van der Waals surface area contributed by atoms with Crippen LogP contribution in [0.5, 0.6) is 5.75 Å². The predicted octanol–water partition coefficient (Wildman–Crippen LogP) is 2.91. The maximum absolute atomic E-state index is 5.74. The highest BCUT2D eigenvalue weighted by Crippen LogP contribution is 2.30. The molecule has 0 bridgehead atoms. The Balaban J connectivity index is 3.17. The minimum absolute atomic E-state index is 0.565. The molecule has 1 nitrogen and oxygen atoms in total. The number of hydrogen-bond acceptors (Lipinski definition) is 1. The quantitative estimate of drug-likeness (QED) is 0.635. The molecule has 0 aliphatic carbocycles. The largest absolute Gasteiger partial charge is 0.494 e. The van der Waals surface area contributed by atoms with Crippen LogP contribution in [0, 0.1) is 0 Å². The number of hydrogen-bond donors (Lipinski definition) is 0. The van der Waals surface area contributed by atoms with E-state index in [1.165, 1.54) is 0 Å². The minimum atomic E-state index is 0.565. The summed E-state index contributed by atoms with van der Waals surface area (Å²) in [4.78, 5) is 0.648. The fourth-order valence-corrected chi connectivity index (χ4v) is 1.27. The van der Waals surface area contributed by atoms with Crippen molar-refractivity contribution in [3.63, 3.8) is 0 Å². The summed E-state index contributed by atoms with van der Waals surface area (Å²) in [5, 5.41) is 0.565. The number of halogens is 1. The van der Waals surface area contributed by atoms with Gasteiger partial charge in [-0.1, -0.05) is 30.3 Å². The molecular formula is C7H6ClOS. The number of para-hydroxylation sites is 1. The molecule has 1 rings (SSSR count). The molecule has 3 heteroatoms. The maximum Gasteiger partial charge on any atom is 0.155 e. The molecule has 0 aromatic heterocycles. The smallest absolute Gasteiger partial charge is 0.155 e. The molecule has 0 N–H and O–H groups in total. The molecule has 1 aromatic carbocycles. The second kappa shape index (κ2) is 3.08. The summed E-state index contributed by atoms with van der Waals surface area (Å²) in [6, 6.07) is 5.32. The Hall–Kier alpha value is -0.470. The van der Waals surface area contributed by atoms with E-state index < -0.39 is 0 Å². The topological polar surface area (TPSA) is 9.23 Å². The summed E-state index contributed by atoms with van der Waals surface area (Å²) in [6.07, 6.45) is 0. The zero-order valence-electron chi connectivity index (χ0n) is 5.43. The van der Waals surface area contributed by atoms with Gasteiger partial charge < -0.3 is 4.74 Å². The normalized spacial score (nSPS) is 9.40. The molecule has 0 spiro atoms. The van der Waals surface area contributed by atoms with Crippen molar-refractivity contribution < 1.29 is 4.74 Å². The lowest BCUT2D eigenvalue weighted by molar-refractivity contribution is 0.405. The maximum atomic E-state index is 5.74. The van der Waals surface area contributed by atoms with Crippen molar-refractivity contribution in [1.82, 2.24) is 0 Å². The fraction of sp³-hybridized carbons (Fsp3) is 0.143. The van der Waals surface area contributed by atoms with Gasteiger partial charge >= 0.3 is 0 Å². The molecule has 0 fully saturated rings. The van der Waals surface area contributed by atoms with Gasteiger partial charge in [0.15, 0.2) is 5.75 Å². The lowest BCUT2D eigenvalue weighted by atomic mass is 10.3. The number of ether oxygens (including phenoxy) is 1. The Bertz CT molecular complexity index is 217. The summed E-state index contributed by atoms with van der Waals surface area (Å²) < 4.78 is 4.94. The number of methoxy groups -OCH3 is 1. The van der Waals surface area contributed by atoms with Crippen LogP contribution in [0.15, 0.2) is 23.1 Å². The Kier molecular flexibility index (Phi) is 2.35. The number of benzene rings is 1. The van der Waals surface area contributed by atoms with Crippen LogP contribution in [0.25, 0.3) is 0 Å². The van der Waals surface area contributed by atoms with Gasteiger partial charge in [0.2, 0.25) is 0 Å². The van der Waals surface area contributed by atoms with Crippen molar-refractivity contribution in [2.24, 2.45) is 0 Å². The summed E-state index contributed by atoms with van der Waals surface area (Å²) >= 11 is 10.7. The van der Waals surface area contributed by atoms with Gasteiger partial charge in [-0.25, -0.2) is 0 Å². The Morgan fingerprint density at radius 2 is 2.20 bits per heavy atom. The third-order valence-electron chi connectivity index (χ3n) is 1.13. The van der Waals surface area contributed by atoms with Gasteiger partial charge in [0.1, 0.15) is 0 Å². The molecule has 53 valence electrons. The fourth-order valence-electron chi connectivity index (χ4n) is 0.687. The van der Waals surface area contributed by atoms with E-state index in [0.717, 1.165) is 0 Å². The zero-order chi connectivity index (χ0) is 7.56. The van der Waals surface area contributed by atoms with Crippen molar-refractivity contribution in [2.75, 3.05) is 7.11 Å². The summed E-state index contributed by atoms with van der Waals surface area (Å²) in [6.45, 7) is 0. The van der Waals surface area contributed by atoms with Crippen LogP contribution < -0.4 is 4.74 Å². The van der Waals surface area contributed by atoms with Crippen molar-refractivity contribution >= 4 is 24.2 Å². The van der Waals surface area contributed by atoms with Crippen LogP contribution in [0.3, 0.4) is 0 Å². The van der Waals surface area contributed by atoms with Gasteiger partial charge in [-0.05, 0) is 12.1 Å². The lowest BCUT2D eigenvalue weighted by Gasteiger charge is -2.02. The first-order chi connectivity index (χ1) is 4.75. The molecule has 0 heterocycles. The molecule has 0 aliphatic heterocycles. The van der Waals surface area contributed by atoms with Crippen molar-refractivity contribution in [3.8, 4) is 5.75 Å². The van der Waals surface area contributed by atoms with Gasteiger partial charge in [-0.2, -0.15) is 0 Å². The molecule has 0 saturated heterocycles. The average molecular weight is 174 g/mol. The van der Waals surface area contributed by atoms with E-state index in [1.807, 2.05) is 0 Å². The van der Waals surface area contributed by atoms with E-state index in [0.29, 0.717) is 15.7 Å². The zero-order valence-corrected chi connectivity index (χ0v) is 7.00. The van der Waals surface area contributed by atoms with Crippen LogP contribution in [-0.2, 0) is 0 Å². The van der Waals surface area contributed by atoms with Gasteiger partial charge in [-0.3, -0.25) is 0 Å². The van der Waals surface area contributed by atoms with Crippen LogP contribution in [0.2, 0.25) is 5.02 Å². The molecular weight excluding hydrogens is 168 g/mol. The monoisotopic (exact) mass is 173 g/mol. The predicted molar refractivity (Wildman–Crippen MR) is 43.9 cm³/mol. The first-order valence-electron chi connectivity index (χ1n) is 2.75. The molecule has 0 aliphatic rings. The second-order valence-corrected chi connectivity index (χ2v) is 2.62. The highest BCUT2D eigenvalue weighted by molar-refractivity contribution is 7.80. The van der Waals surface area contributed by atoms with E-state index in [-0.39, 0.29) is 0 Å². The van der Waals surface area contributed by atoms with Crippen LogP contribution in [-0.4, -0.2) is 7.11 Å². The van der Waals surface area contributed by atoms with Crippen LogP contribution in [0.4, 0.5) is 0 Å². The SMILES string of the molecule is COc1c([S])cccc1Cl. The first kappa shape index (κ1) is 7.63. The Morgan fingerprint density at radius 3 is 2.60 bits per heavy atom. The molecule has 10 heavy (non-hydrogen) atoms. The molecule has 0 unspecified atom stereocenters. The average Bonchev–Trinajstić information content (AvgIpc) is 1.88. The van der Waals surface area contributed by atoms with Crippen molar-refractivity contribution in [1.29, 1.82) is 0 Å². The van der Waals surface area contributed by atoms with Crippen LogP contribution in [0.1, 0.15) is 0 Å². The third-order valence-corrected chi connectivity index (χ3v) is 1.75. The summed E-state index contributed by atoms with van der Waals surface area (Å²) in [5.74, 6) is 0.583. The third kappa shape index (κ3) is 1.33. The molecule has 0 amide bonds. The van der Waals surface area contributed by atoms with Crippen molar-refractivity contribution in [3.05, 3.63) is 23.2 Å². The van der Waals surface area contributed by atoms with E-state index in [1.54, 1.807) is 25.3 Å². The number of rotatable bonds is 1. The van der Waals surface area contributed by atoms with E-state index in [2.05, 4.69) is 0 Å². The van der Waals surface area contributed by atoms with Gasteiger partial charge in [-0.15, -0.1) is 0 Å². The molecule has 0 saturated carbocycles. The molecule has 1 aromatic rings. The van der Waals surface area contributed by atoms with Gasteiger partial charge in [0, 0.05) is 0 Å². The second-order valence-electron chi connectivity index (χ2n) is 1.77. The van der Waals surface area contributed by atoms with Crippen LogP contribution >= 0.6 is 24.2 Å². The molecule has 0 atom stereocenters. The van der Waals surface area contributed by atoms with E-state index in [9.17, 15) is 0 Å². The van der Waals surface area contributed by atoms with Gasteiger partial charge in [0.05, 0.1) is 17.0 Å². The van der Waals surface area contributed by atoms with Gasteiger partial charge in [0.25, 0.3) is 0 Å². The van der Waals surface area contributed by atoms with Crippen molar-refractivity contribution in [2.45, 2.75) is 4.90 Å². The Labute approximate surface area is 70.4 Å². The lowest BCUT2D eigenvalue weighted by Crippen LogP contribution is -1.84. The highest BCUT2D eigenvalue weighted by atomic mass is 35.5. The summed E-state index contributed by atoms with van der Waals surface area (Å²) in [7, 11) is 1.55. The first-order valence-corrected chi connectivity index (χ1v) is 3.54. The Morgan fingerprint density at radius 1 is 1.50 bits per heavy atom. The minimum Gasteiger partial charge on any atom is -0.494 e. The summed E-state index contributed by atoms with van der Waals surface area (Å²) in [5.41, 5.74) is 0. The van der Waals surface area contributed by atoms with E-state index >= 15 is 0 Å². The molecule has 1 radical (unpaired) electrons.